The summed E-state index contributed by atoms with van der Waals surface area (Å²) in [6.07, 6.45) is 1.67. The summed E-state index contributed by atoms with van der Waals surface area (Å²) in [4.78, 5) is 10.6. The van der Waals surface area contributed by atoms with E-state index in [0.717, 1.165) is 18.9 Å². The third kappa shape index (κ3) is 3.19. The van der Waals surface area contributed by atoms with E-state index >= 15 is 0 Å². The van der Waals surface area contributed by atoms with E-state index in [9.17, 15) is 4.39 Å². The van der Waals surface area contributed by atoms with E-state index in [-0.39, 0.29) is 5.82 Å². The minimum atomic E-state index is -0.320. The molecule has 0 amide bonds. The first-order chi connectivity index (χ1) is 9.24. The molecule has 2 rings (SSSR count). The highest BCUT2D eigenvalue weighted by molar-refractivity contribution is 5.55. The van der Waals surface area contributed by atoms with Crippen LogP contribution in [0.4, 0.5) is 21.8 Å². The van der Waals surface area contributed by atoms with Crippen LogP contribution in [0.3, 0.4) is 0 Å². The van der Waals surface area contributed by atoms with Crippen molar-refractivity contribution in [2.24, 2.45) is 0 Å². The standard InChI is InChI=1S/C14H17FN4/c1-3-19(4-2)13-9-10-16-14(18-13)17-12-8-6-5-7-11(12)15/h5-10H,3-4H2,1-2H3,(H,16,17,18). The Bertz CT molecular complexity index is 540. The summed E-state index contributed by atoms with van der Waals surface area (Å²) in [6.45, 7) is 5.87. The molecule has 4 nitrogen and oxygen atoms in total. The Hall–Kier alpha value is -2.17. The van der Waals surface area contributed by atoms with Crippen LogP contribution in [0.25, 0.3) is 0 Å². The third-order valence-electron chi connectivity index (χ3n) is 2.85. The highest BCUT2D eigenvalue weighted by Crippen LogP contribution is 2.18. The molecule has 0 atom stereocenters. The molecule has 1 aromatic carbocycles. The summed E-state index contributed by atoms with van der Waals surface area (Å²) in [6, 6.07) is 8.31. The maximum atomic E-state index is 13.5. The normalized spacial score (nSPS) is 10.3. The second kappa shape index (κ2) is 6.13. The predicted octanol–water partition coefficient (Wildman–Crippen LogP) is 3.21. The van der Waals surface area contributed by atoms with E-state index < -0.39 is 0 Å². The number of hydrogen-bond donors (Lipinski definition) is 1. The lowest BCUT2D eigenvalue weighted by Gasteiger charge is -2.19. The molecule has 1 aromatic heterocycles. The Morgan fingerprint density at radius 1 is 1.16 bits per heavy atom. The van der Waals surface area contributed by atoms with Crippen LogP contribution >= 0.6 is 0 Å². The van der Waals surface area contributed by atoms with E-state index in [4.69, 9.17) is 0 Å². The van der Waals surface area contributed by atoms with E-state index in [0.29, 0.717) is 11.6 Å². The van der Waals surface area contributed by atoms with E-state index in [1.165, 1.54) is 6.07 Å². The molecular weight excluding hydrogens is 243 g/mol. The molecule has 0 saturated heterocycles. The van der Waals surface area contributed by atoms with Crippen molar-refractivity contribution in [2.75, 3.05) is 23.3 Å². The molecule has 0 unspecified atom stereocenters. The topological polar surface area (TPSA) is 41.1 Å². The minimum absolute atomic E-state index is 0.320. The molecule has 0 aliphatic carbocycles. The van der Waals surface area contributed by atoms with Crippen LogP contribution in [0.1, 0.15) is 13.8 Å². The van der Waals surface area contributed by atoms with Crippen LogP contribution in [0.5, 0.6) is 0 Å². The number of rotatable bonds is 5. The molecule has 0 aliphatic heterocycles. The maximum absolute atomic E-state index is 13.5. The molecule has 5 heteroatoms. The molecule has 0 aliphatic rings. The van der Waals surface area contributed by atoms with Gasteiger partial charge in [0.25, 0.3) is 0 Å². The summed E-state index contributed by atoms with van der Waals surface area (Å²) in [5, 5.41) is 2.89. The van der Waals surface area contributed by atoms with Crippen LogP contribution in [0.2, 0.25) is 0 Å². The number of hydrogen-bond acceptors (Lipinski definition) is 4. The molecule has 100 valence electrons. The monoisotopic (exact) mass is 260 g/mol. The van der Waals surface area contributed by atoms with Gasteiger partial charge in [0, 0.05) is 19.3 Å². The van der Waals surface area contributed by atoms with E-state index in [2.05, 4.69) is 34.0 Å². The minimum Gasteiger partial charge on any atom is -0.357 e. The van der Waals surface area contributed by atoms with Crippen molar-refractivity contribution in [3.8, 4) is 0 Å². The summed E-state index contributed by atoms with van der Waals surface area (Å²) in [5.41, 5.74) is 0.374. The van der Waals surface area contributed by atoms with Gasteiger partial charge in [0.2, 0.25) is 5.95 Å². The van der Waals surface area contributed by atoms with Crippen LogP contribution in [-0.2, 0) is 0 Å². The smallest absolute Gasteiger partial charge is 0.229 e. The van der Waals surface area contributed by atoms with Crippen molar-refractivity contribution in [3.63, 3.8) is 0 Å². The zero-order valence-electron chi connectivity index (χ0n) is 11.1. The van der Waals surface area contributed by atoms with Gasteiger partial charge in [0.15, 0.2) is 0 Å². The predicted molar refractivity (Wildman–Crippen MR) is 75.3 cm³/mol. The fourth-order valence-corrected chi connectivity index (χ4v) is 1.82. The van der Waals surface area contributed by atoms with Crippen LogP contribution in [-0.4, -0.2) is 23.1 Å². The first-order valence-corrected chi connectivity index (χ1v) is 6.34. The van der Waals surface area contributed by atoms with Crippen LogP contribution in [0.15, 0.2) is 36.5 Å². The molecule has 19 heavy (non-hydrogen) atoms. The Morgan fingerprint density at radius 3 is 2.58 bits per heavy atom. The average Bonchev–Trinajstić information content (AvgIpc) is 2.43. The lowest BCUT2D eigenvalue weighted by atomic mass is 10.3. The molecule has 1 heterocycles. The van der Waals surface area contributed by atoms with Gasteiger partial charge < -0.3 is 10.2 Å². The fourth-order valence-electron chi connectivity index (χ4n) is 1.82. The number of para-hydroxylation sites is 1. The van der Waals surface area contributed by atoms with E-state index in [1.807, 2.05) is 6.07 Å². The lowest BCUT2D eigenvalue weighted by Crippen LogP contribution is -2.23. The highest BCUT2D eigenvalue weighted by atomic mass is 19.1. The Kier molecular flexibility index (Phi) is 4.28. The summed E-state index contributed by atoms with van der Waals surface area (Å²) in [5.74, 6) is 0.910. The lowest BCUT2D eigenvalue weighted by molar-refractivity contribution is 0.631. The van der Waals surface area contributed by atoms with Gasteiger partial charge in [-0.1, -0.05) is 12.1 Å². The van der Waals surface area contributed by atoms with Crippen LogP contribution in [0, 0.1) is 5.82 Å². The van der Waals surface area contributed by atoms with Crippen molar-refractivity contribution < 1.29 is 4.39 Å². The molecule has 1 N–H and O–H groups in total. The number of nitrogens with one attached hydrogen (secondary N) is 1. The van der Waals surface area contributed by atoms with Crippen molar-refractivity contribution in [1.82, 2.24) is 9.97 Å². The van der Waals surface area contributed by atoms with Crippen molar-refractivity contribution in [2.45, 2.75) is 13.8 Å². The zero-order valence-corrected chi connectivity index (χ0v) is 11.1. The number of halogens is 1. The summed E-state index contributed by atoms with van der Waals surface area (Å²) < 4.78 is 13.5. The molecule has 0 fully saturated rings. The first kappa shape index (κ1) is 13.3. The Labute approximate surface area is 112 Å². The number of aromatic nitrogens is 2. The second-order valence-corrected chi connectivity index (χ2v) is 4.02. The largest absolute Gasteiger partial charge is 0.357 e. The Morgan fingerprint density at radius 2 is 1.89 bits per heavy atom. The van der Waals surface area contributed by atoms with Gasteiger partial charge in [-0.3, -0.25) is 0 Å². The fraction of sp³-hybridized carbons (Fsp3) is 0.286. The Balaban J connectivity index is 2.22. The molecule has 0 saturated carbocycles. The number of nitrogens with zero attached hydrogens (tertiary/aromatic N) is 3. The number of benzene rings is 1. The maximum Gasteiger partial charge on any atom is 0.229 e. The van der Waals surface area contributed by atoms with Crippen molar-refractivity contribution in [1.29, 1.82) is 0 Å². The van der Waals surface area contributed by atoms with Crippen molar-refractivity contribution >= 4 is 17.5 Å². The SMILES string of the molecule is CCN(CC)c1ccnc(Nc2ccccc2F)n1. The molecule has 0 radical (unpaired) electrons. The van der Waals surface area contributed by atoms with Gasteiger partial charge >= 0.3 is 0 Å². The summed E-state index contributed by atoms with van der Waals surface area (Å²) >= 11 is 0. The van der Waals surface area contributed by atoms with Gasteiger partial charge in [-0.05, 0) is 32.0 Å². The molecule has 0 spiro atoms. The number of anilines is 3. The molecular formula is C14H17FN4. The van der Waals surface area contributed by atoms with Gasteiger partial charge in [-0.25, -0.2) is 9.37 Å². The van der Waals surface area contributed by atoms with Crippen LogP contribution < -0.4 is 10.2 Å². The van der Waals surface area contributed by atoms with Gasteiger partial charge in [-0.15, -0.1) is 0 Å². The quantitative estimate of drug-likeness (QED) is 0.896. The van der Waals surface area contributed by atoms with Gasteiger partial charge in [0.1, 0.15) is 11.6 Å². The first-order valence-electron chi connectivity index (χ1n) is 6.34. The summed E-state index contributed by atoms with van der Waals surface area (Å²) in [7, 11) is 0. The highest BCUT2D eigenvalue weighted by Gasteiger charge is 2.07. The second-order valence-electron chi connectivity index (χ2n) is 4.02. The average molecular weight is 260 g/mol. The van der Waals surface area contributed by atoms with Crippen molar-refractivity contribution in [3.05, 3.63) is 42.3 Å². The molecule has 0 bridgehead atoms. The van der Waals surface area contributed by atoms with E-state index in [1.54, 1.807) is 24.4 Å². The zero-order chi connectivity index (χ0) is 13.7. The third-order valence-corrected chi connectivity index (χ3v) is 2.85. The molecule has 2 aromatic rings. The van der Waals surface area contributed by atoms with Gasteiger partial charge in [0.05, 0.1) is 5.69 Å². The van der Waals surface area contributed by atoms with Gasteiger partial charge in [-0.2, -0.15) is 4.98 Å².